The number of rotatable bonds is 1. The van der Waals surface area contributed by atoms with Gasteiger partial charge in [0.1, 0.15) is 0 Å². The molecule has 2 nitrogen and oxygen atoms in total. The number of hydrogen-bond donors (Lipinski definition) is 0. The van der Waals surface area contributed by atoms with Gasteiger partial charge in [0, 0.05) is 6.92 Å². The normalized spacial score (nSPS) is 5.86. The third-order valence-electron chi connectivity index (χ3n) is 0.249. The molecule has 3 heteroatoms. The first kappa shape index (κ1) is 9.46. The molecular weight excluding hydrogens is 99.0 g/mol. The standard InChI is InChI=1S/C4H6O2.FH/c1-3-6-4(2)5;/h3H,1H2,2H3;1H. The molecule has 0 bridgehead atoms. The summed E-state index contributed by atoms with van der Waals surface area (Å²) in [6, 6.07) is 0. The van der Waals surface area contributed by atoms with E-state index >= 15 is 0 Å². The summed E-state index contributed by atoms with van der Waals surface area (Å²) >= 11 is 0. The van der Waals surface area contributed by atoms with E-state index in [4.69, 9.17) is 0 Å². The zero-order valence-corrected chi connectivity index (χ0v) is 4.01. The topological polar surface area (TPSA) is 26.3 Å². The highest BCUT2D eigenvalue weighted by Crippen LogP contribution is 1.70. The van der Waals surface area contributed by atoms with Crippen molar-refractivity contribution in [3.05, 3.63) is 12.8 Å². The molecule has 0 saturated carbocycles. The molecule has 0 fully saturated rings. The third-order valence-corrected chi connectivity index (χ3v) is 0.249. The first-order chi connectivity index (χ1) is 2.77. The van der Waals surface area contributed by atoms with Crippen LogP contribution in [0.2, 0.25) is 0 Å². The maximum atomic E-state index is 9.75. The molecule has 0 atom stereocenters. The van der Waals surface area contributed by atoms with Crippen molar-refractivity contribution in [3.63, 3.8) is 0 Å². The quantitative estimate of drug-likeness (QED) is 0.366. The molecule has 0 spiro atoms. The Hall–Kier alpha value is -0.860. The minimum absolute atomic E-state index is 0. The zero-order valence-electron chi connectivity index (χ0n) is 4.01. The van der Waals surface area contributed by atoms with Crippen molar-refractivity contribution in [1.29, 1.82) is 0 Å². The van der Waals surface area contributed by atoms with Crippen LogP contribution in [0.25, 0.3) is 0 Å². The summed E-state index contributed by atoms with van der Waals surface area (Å²) in [6.07, 6.45) is 1.10. The van der Waals surface area contributed by atoms with Crippen LogP contribution in [0.4, 0.5) is 4.70 Å². The van der Waals surface area contributed by atoms with Crippen molar-refractivity contribution in [2.24, 2.45) is 0 Å². The number of esters is 1. The first-order valence-corrected chi connectivity index (χ1v) is 1.55. The fourth-order valence-electron chi connectivity index (χ4n) is 0.117. The second-order valence-electron chi connectivity index (χ2n) is 0.776. The van der Waals surface area contributed by atoms with Crippen LogP contribution in [0.3, 0.4) is 0 Å². The van der Waals surface area contributed by atoms with Crippen LogP contribution in [0, 0.1) is 0 Å². The molecule has 0 aliphatic heterocycles. The molecule has 0 saturated heterocycles. The van der Waals surface area contributed by atoms with Crippen molar-refractivity contribution in [3.8, 4) is 0 Å². The average Bonchev–Trinajstić information content (AvgIpc) is 1.35. The molecule has 0 aromatic heterocycles. The van der Waals surface area contributed by atoms with Gasteiger partial charge in [-0.25, -0.2) is 0 Å². The summed E-state index contributed by atoms with van der Waals surface area (Å²) in [5.41, 5.74) is 0. The minimum Gasteiger partial charge on any atom is -0.435 e. The molecule has 0 aliphatic carbocycles. The lowest BCUT2D eigenvalue weighted by atomic mass is 10.8. The molecule has 0 aromatic carbocycles. The lowest BCUT2D eigenvalue weighted by Gasteiger charge is -1.83. The molecule has 42 valence electrons. The van der Waals surface area contributed by atoms with Gasteiger partial charge in [-0.15, -0.1) is 0 Å². The van der Waals surface area contributed by atoms with Gasteiger partial charge in [-0.05, 0) is 0 Å². The van der Waals surface area contributed by atoms with E-state index in [-0.39, 0.29) is 10.7 Å². The van der Waals surface area contributed by atoms with Gasteiger partial charge in [-0.1, -0.05) is 6.58 Å². The molecule has 0 rings (SSSR count). The van der Waals surface area contributed by atoms with Crippen molar-refractivity contribution >= 4 is 5.97 Å². The van der Waals surface area contributed by atoms with E-state index in [9.17, 15) is 4.79 Å². The second-order valence-corrected chi connectivity index (χ2v) is 0.776. The molecule has 0 N–H and O–H groups in total. The number of halogens is 1. The van der Waals surface area contributed by atoms with Crippen molar-refractivity contribution in [2.45, 2.75) is 6.92 Å². The van der Waals surface area contributed by atoms with Crippen LogP contribution in [-0.2, 0) is 9.53 Å². The molecule has 0 radical (unpaired) electrons. The Morgan fingerprint density at radius 1 is 1.86 bits per heavy atom. The van der Waals surface area contributed by atoms with Crippen LogP contribution in [0.15, 0.2) is 12.8 Å². The minimum atomic E-state index is -0.329. The van der Waals surface area contributed by atoms with E-state index in [1.165, 1.54) is 6.92 Å². The fourth-order valence-corrected chi connectivity index (χ4v) is 0.117. The van der Waals surface area contributed by atoms with Crippen LogP contribution in [-0.4, -0.2) is 5.97 Å². The molecule has 0 heterocycles. The van der Waals surface area contributed by atoms with Crippen molar-refractivity contribution < 1.29 is 14.2 Å². The van der Waals surface area contributed by atoms with Crippen LogP contribution in [0.5, 0.6) is 0 Å². The second kappa shape index (κ2) is 5.14. The summed E-state index contributed by atoms with van der Waals surface area (Å²) in [5.74, 6) is -0.329. The Bertz CT molecular complexity index is 70.1. The van der Waals surface area contributed by atoms with Crippen LogP contribution < -0.4 is 0 Å². The molecule has 0 unspecified atom stereocenters. The zero-order chi connectivity index (χ0) is 4.99. The third kappa shape index (κ3) is 11.1. The Morgan fingerprint density at radius 2 is 2.29 bits per heavy atom. The fraction of sp³-hybridized carbons (Fsp3) is 0.250. The monoisotopic (exact) mass is 106 g/mol. The highest BCUT2D eigenvalue weighted by Gasteiger charge is 1.79. The van der Waals surface area contributed by atoms with E-state index in [0.717, 1.165) is 6.26 Å². The average molecular weight is 106 g/mol. The Morgan fingerprint density at radius 3 is 2.29 bits per heavy atom. The maximum Gasteiger partial charge on any atom is 0.307 e. The largest absolute Gasteiger partial charge is 0.435 e. The van der Waals surface area contributed by atoms with Gasteiger partial charge < -0.3 is 4.74 Å². The van der Waals surface area contributed by atoms with Gasteiger partial charge in [-0.2, -0.15) is 0 Å². The summed E-state index contributed by atoms with van der Waals surface area (Å²) in [4.78, 5) is 9.75. The molecule has 0 aromatic rings. The van der Waals surface area contributed by atoms with Gasteiger partial charge in [0.05, 0.1) is 6.26 Å². The predicted molar refractivity (Wildman–Crippen MR) is 24.5 cm³/mol. The number of carbonyl (C=O) groups excluding carboxylic acids is 1. The first-order valence-electron chi connectivity index (χ1n) is 1.55. The van der Waals surface area contributed by atoms with Gasteiger partial charge in [0.2, 0.25) is 0 Å². The number of carbonyl (C=O) groups is 1. The Kier molecular flexibility index (Phi) is 6.95. The van der Waals surface area contributed by atoms with E-state index in [1.807, 2.05) is 0 Å². The van der Waals surface area contributed by atoms with Gasteiger partial charge in [-0.3, -0.25) is 9.50 Å². The van der Waals surface area contributed by atoms with E-state index in [2.05, 4.69) is 11.3 Å². The maximum absolute atomic E-state index is 9.75. The number of ether oxygens (including phenoxy) is 1. The highest BCUT2D eigenvalue weighted by molar-refractivity contribution is 5.66. The summed E-state index contributed by atoms with van der Waals surface area (Å²) < 4.78 is 4.17. The van der Waals surface area contributed by atoms with Gasteiger partial charge in [0.25, 0.3) is 0 Å². The highest BCUT2D eigenvalue weighted by atomic mass is 19.0. The Labute approximate surface area is 41.1 Å². The van der Waals surface area contributed by atoms with Crippen molar-refractivity contribution in [2.75, 3.05) is 0 Å². The molecular formula is C4H7FO2. The summed E-state index contributed by atoms with van der Waals surface area (Å²) in [6.45, 7) is 4.48. The summed E-state index contributed by atoms with van der Waals surface area (Å²) in [7, 11) is 0. The molecule has 7 heavy (non-hydrogen) atoms. The van der Waals surface area contributed by atoms with E-state index in [1.54, 1.807) is 0 Å². The molecule has 0 amide bonds. The lowest BCUT2D eigenvalue weighted by Crippen LogP contribution is -1.87. The van der Waals surface area contributed by atoms with E-state index in [0.29, 0.717) is 0 Å². The Balaban J connectivity index is 0. The van der Waals surface area contributed by atoms with Gasteiger partial charge in [0.15, 0.2) is 0 Å². The predicted octanol–water partition coefficient (Wildman–Crippen LogP) is 0.845. The van der Waals surface area contributed by atoms with Crippen LogP contribution in [0.1, 0.15) is 6.92 Å². The smallest absolute Gasteiger partial charge is 0.307 e. The van der Waals surface area contributed by atoms with Crippen molar-refractivity contribution in [1.82, 2.24) is 0 Å². The van der Waals surface area contributed by atoms with E-state index < -0.39 is 0 Å². The number of hydrogen-bond acceptors (Lipinski definition) is 2. The van der Waals surface area contributed by atoms with Crippen LogP contribution >= 0.6 is 0 Å². The lowest BCUT2D eigenvalue weighted by molar-refractivity contribution is -0.135. The summed E-state index contributed by atoms with van der Waals surface area (Å²) in [5, 5.41) is 0. The SMILES string of the molecule is C=COC(C)=O.F. The van der Waals surface area contributed by atoms with Gasteiger partial charge >= 0.3 is 5.97 Å². The molecule has 0 aliphatic rings.